The van der Waals surface area contributed by atoms with Gasteiger partial charge in [0.1, 0.15) is 16.8 Å². The molecule has 0 fully saturated rings. The Labute approximate surface area is 255 Å². The molecule has 1 aromatic heterocycles. The monoisotopic (exact) mass is 662 g/mol. The quantitative estimate of drug-likeness (QED) is 0.0427. The fourth-order valence-corrected chi connectivity index (χ4v) is 3.99. The van der Waals surface area contributed by atoms with Crippen LogP contribution in [0.1, 0.15) is 33.0 Å². The number of thiophene rings is 1. The van der Waals surface area contributed by atoms with Crippen LogP contribution in [0, 0.1) is 11.2 Å². The van der Waals surface area contributed by atoms with Gasteiger partial charge >= 0.3 is 30.1 Å². The second kappa shape index (κ2) is 17.1. The second-order valence-corrected chi connectivity index (χ2v) is 9.80. The predicted octanol–water partition coefficient (Wildman–Crippen LogP) is 2.02. The van der Waals surface area contributed by atoms with E-state index in [1.54, 1.807) is 6.07 Å². The molecule has 0 aliphatic carbocycles. The number of aryl methyl sites for hydroxylation is 1. The number of hydrogen-bond donors (Lipinski definition) is 6. The summed E-state index contributed by atoms with van der Waals surface area (Å²) in [5, 5.41) is 34.3. The van der Waals surface area contributed by atoms with Crippen molar-refractivity contribution in [2.75, 3.05) is 13.1 Å². The summed E-state index contributed by atoms with van der Waals surface area (Å²) in [6, 6.07) is 4.89. The third-order valence-electron chi connectivity index (χ3n) is 5.18. The lowest BCUT2D eigenvalue weighted by Gasteiger charge is -2.21. The third-order valence-corrected chi connectivity index (χ3v) is 6.31. The normalized spacial score (nSPS) is 11.2. The predicted molar refractivity (Wildman–Crippen MR) is 147 cm³/mol. The number of nitrogen functional groups attached to an aromatic ring is 1. The summed E-state index contributed by atoms with van der Waals surface area (Å²) < 4.78 is 50.9. The average molecular weight is 663 g/mol. The molecule has 14 nitrogen and oxygen atoms in total. The number of rotatable bonds is 14. The number of ether oxygens (including phenoxy) is 1. The number of nitrogens with one attached hydrogen (secondary N) is 2. The summed E-state index contributed by atoms with van der Waals surface area (Å²) in [5.74, 6) is -9.36. The minimum absolute atomic E-state index is 0.0150. The first kappa shape index (κ1) is 37.7. The molecule has 0 radical (unpaired) electrons. The highest BCUT2D eigenvalue weighted by Gasteiger charge is 2.38. The summed E-state index contributed by atoms with van der Waals surface area (Å²) in [7, 11) is 0. The van der Waals surface area contributed by atoms with Gasteiger partial charge in [-0.3, -0.25) is 19.8 Å². The van der Waals surface area contributed by atoms with Gasteiger partial charge in [0.15, 0.2) is 11.6 Å². The molecule has 19 heteroatoms. The molecule has 0 unspecified atom stereocenters. The number of halogens is 4. The van der Waals surface area contributed by atoms with E-state index in [2.05, 4.69) is 11.9 Å². The van der Waals surface area contributed by atoms with Crippen LogP contribution in [0.4, 0.5) is 17.6 Å². The highest BCUT2D eigenvalue weighted by molar-refractivity contribution is 7.13. The minimum atomic E-state index is -5.08. The van der Waals surface area contributed by atoms with Crippen LogP contribution in [0.15, 0.2) is 43.0 Å². The molecule has 2 amide bonds. The van der Waals surface area contributed by atoms with Crippen molar-refractivity contribution in [3.05, 3.63) is 64.1 Å². The van der Waals surface area contributed by atoms with Crippen molar-refractivity contribution >= 4 is 52.9 Å². The molecule has 0 aliphatic heterocycles. The van der Waals surface area contributed by atoms with Gasteiger partial charge in [0, 0.05) is 23.4 Å². The van der Waals surface area contributed by atoms with Crippen LogP contribution in [-0.2, 0) is 30.4 Å². The molecule has 0 saturated carbocycles. The first-order valence-electron chi connectivity index (χ1n) is 12.2. The van der Waals surface area contributed by atoms with Crippen molar-refractivity contribution < 1.29 is 66.4 Å². The number of esters is 1. The van der Waals surface area contributed by atoms with Crippen LogP contribution in [0.2, 0.25) is 0 Å². The van der Waals surface area contributed by atoms with Gasteiger partial charge in [0.05, 0.1) is 13.0 Å². The Hall–Kier alpha value is -5.33. The molecule has 1 heterocycles. The van der Waals surface area contributed by atoms with Crippen LogP contribution in [-0.4, -0.2) is 87.1 Å². The molecule has 0 aliphatic rings. The van der Waals surface area contributed by atoms with Crippen LogP contribution >= 0.6 is 11.3 Å². The topological polar surface area (TPSA) is 237 Å². The molecule has 2 rings (SSSR count). The van der Waals surface area contributed by atoms with Crippen LogP contribution in [0.3, 0.4) is 0 Å². The van der Waals surface area contributed by atoms with Gasteiger partial charge in [-0.25, -0.2) is 18.8 Å². The maximum absolute atomic E-state index is 14.1. The molecule has 0 saturated heterocycles. The summed E-state index contributed by atoms with van der Waals surface area (Å²) in [6.07, 6.45) is -4.40. The fraction of sp³-hybridized carbons (Fsp3) is 0.269. The van der Waals surface area contributed by atoms with Crippen molar-refractivity contribution in [3.8, 4) is 5.75 Å². The van der Waals surface area contributed by atoms with Gasteiger partial charge in [-0.2, -0.15) is 13.2 Å². The molecular formula is C26H26F4N4O10S. The number of nitrogens with two attached hydrogens (primary N) is 1. The summed E-state index contributed by atoms with van der Waals surface area (Å²) >= 11 is 1.03. The van der Waals surface area contributed by atoms with Gasteiger partial charge < -0.3 is 36.0 Å². The minimum Gasteiger partial charge on any atom is -0.481 e. The second-order valence-electron chi connectivity index (χ2n) is 8.64. The first-order chi connectivity index (χ1) is 20.8. The summed E-state index contributed by atoms with van der Waals surface area (Å²) in [6.45, 7) is 3.00. The highest BCUT2D eigenvalue weighted by Crippen LogP contribution is 2.23. The Morgan fingerprint density at radius 3 is 2.22 bits per heavy atom. The van der Waals surface area contributed by atoms with Crippen LogP contribution < -0.4 is 15.8 Å². The van der Waals surface area contributed by atoms with E-state index >= 15 is 0 Å². The highest BCUT2D eigenvalue weighted by atomic mass is 32.1. The number of carbonyl (C=O) groups is 6. The Morgan fingerprint density at radius 1 is 1.11 bits per heavy atom. The SMILES string of the molecule is C=CCN(CC(=O)N[C@@H](CC(=O)O)C(=O)O)C(=O)CCc1ccc(C(=O)Oc2ccc(C(=N)N)cc2F)s1.O=C(O)C(F)(F)F. The van der Waals surface area contributed by atoms with E-state index in [1.807, 2.05) is 0 Å². The fourth-order valence-electron chi connectivity index (χ4n) is 3.11. The number of carboxylic acids is 3. The Kier molecular flexibility index (Phi) is 14.3. The molecule has 7 N–H and O–H groups in total. The molecule has 2 aromatic rings. The maximum Gasteiger partial charge on any atom is 0.490 e. The Bertz CT molecular complexity index is 1460. The van der Waals surface area contributed by atoms with Gasteiger partial charge in [0.2, 0.25) is 11.8 Å². The Morgan fingerprint density at radius 2 is 1.73 bits per heavy atom. The van der Waals surface area contributed by atoms with E-state index in [4.69, 9.17) is 36.0 Å². The number of amidine groups is 1. The lowest BCUT2D eigenvalue weighted by atomic mass is 10.2. The molecule has 1 atom stereocenters. The van der Waals surface area contributed by atoms with E-state index in [0.29, 0.717) is 4.88 Å². The zero-order valence-electron chi connectivity index (χ0n) is 22.9. The molecule has 0 bridgehead atoms. The number of aliphatic carboxylic acids is 3. The third kappa shape index (κ3) is 13.2. The lowest BCUT2D eigenvalue weighted by molar-refractivity contribution is -0.192. The smallest absolute Gasteiger partial charge is 0.481 e. The number of nitrogens with zero attached hydrogens (tertiary/aromatic N) is 1. The van der Waals surface area contributed by atoms with E-state index < -0.39 is 66.7 Å². The zero-order valence-corrected chi connectivity index (χ0v) is 23.7. The number of alkyl halides is 3. The van der Waals surface area contributed by atoms with Gasteiger partial charge in [-0.05, 0) is 36.8 Å². The van der Waals surface area contributed by atoms with E-state index in [0.717, 1.165) is 22.3 Å². The number of amides is 2. The largest absolute Gasteiger partial charge is 0.490 e. The summed E-state index contributed by atoms with van der Waals surface area (Å²) in [5.41, 5.74) is 5.43. The molecule has 244 valence electrons. The van der Waals surface area contributed by atoms with Crippen molar-refractivity contribution in [1.29, 1.82) is 5.41 Å². The number of carbonyl (C=O) groups excluding carboxylic acids is 3. The van der Waals surface area contributed by atoms with Gasteiger partial charge in [-0.15, -0.1) is 17.9 Å². The van der Waals surface area contributed by atoms with Crippen molar-refractivity contribution in [2.24, 2.45) is 5.73 Å². The zero-order chi connectivity index (χ0) is 34.5. The number of benzene rings is 1. The molecular weight excluding hydrogens is 636 g/mol. The van der Waals surface area contributed by atoms with Crippen LogP contribution in [0.25, 0.3) is 0 Å². The molecule has 45 heavy (non-hydrogen) atoms. The van der Waals surface area contributed by atoms with Crippen molar-refractivity contribution in [1.82, 2.24) is 10.2 Å². The maximum atomic E-state index is 14.1. The lowest BCUT2D eigenvalue weighted by Crippen LogP contribution is -2.47. The van der Waals surface area contributed by atoms with E-state index in [1.165, 1.54) is 24.3 Å². The Balaban J connectivity index is 0.00000129. The summed E-state index contributed by atoms with van der Waals surface area (Å²) in [4.78, 5) is 70.0. The number of carboxylic acid groups (broad SMARTS) is 3. The van der Waals surface area contributed by atoms with E-state index in [9.17, 15) is 41.5 Å². The first-order valence-corrected chi connectivity index (χ1v) is 13.0. The number of hydrogen-bond acceptors (Lipinski definition) is 9. The molecule has 0 spiro atoms. The molecule has 1 aromatic carbocycles. The van der Waals surface area contributed by atoms with Crippen LogP contribution in [0.5, 0.6) is 5.75 Å². The van der Waals surface area contributed by atoms with Crippen molar-refractivity contribution in [3.63, 3.8) is 0 Å². The van der Waals surface area contributed by atoms with E-state index in [-0.39, 0.29) is 41.4 Å². The van der Waals surface area contributed by atoms with Gasteiger partial charge in [0.25, 0.3) is 0 Å². The van der Waals surface area contributed by atoms with Gasteiger partial charge in [-0.1, -0.05) is 6.08 Å². The standard InChI is InChI=1S/C24H25FN4O8S.C2HF3O2/c1-2-9-29(12-19(30)28-16(23(34)35)11-21(32)33)20(31)8-5-14-4-7-18(38-14)24(36)37-17-6-3-13(22(26)27)10-15(17)25;3-2(4,5)1(6)7/h2-4,6-7,10,16H,1,5,8-9,11-12H2,(H3,26,27)(H,28,30)(H,32,33)(H,34,35);(H,6,7)/t16-;/m0./s1. The average Bonchev–Trinajstić information content (AvgIpc) is 3.41. The van der Waals surface area contributed by atoms with Crippen molar-refractivity contribution in [2.45, 2.75) is 31.5 Å².